The molecule has 1 unspecified atom stereocenters. The molecule has 3 rings (SSSR count). The molecule has 0 aliphatic carbocycles. The Bertz CT molecular complexity index is 709. The van der Waals surface area contributed by atoms with Gasteiger partial charge in [-0.05, 0) is 24.5 Å². The average Bonchev–Trinajstić information content (AvgIpc) is 2.89. The number of aromatic nitrogens is 3. The van der Waals surface area contributed by atoms with Crippen LogP contribution in [0.25, 0.3) is 0 Å². The summed E-state index contributed by atoms with van der Waals surface area (Å²) in [6.07, 6.45) is 3.16. The van der Waals surface area contributed by atoms with Gasteiger partial charge in [0.15, 0.2) is 0 Å². The fraction of sp³-hybridized carbons (Fsp3) is 0.333. The Kier molecular flexibility index (Phi) is 3.86. The first-order valence-electron chi connectivity index (χ1n) is 7.17. The van der Waals surface area contributed by atoms with Crippen LogP contribution in [0.1, 0.15) is 30.6 Å². The molecule has 1 aromatic carbocycles. The highest BCUT2D eigenvalue weighted by molar-refractivity contribution is 5.95. The Hall–Kier alpha value is -2.70. The highest BCUT2D eigenvalue weighted by Crippen LogP contribution is 2.26. The Balaban J connectivity index is 1.75. The molecular weight excluding hydrogens is 282 g/mol. The molecule has 1 atom stereocenters. The number of aryl methyl sites for hydroxylation is 1. The third-order valence-corrected chi connectivity index (χ3v) is 3.66. The minimum Gasteiger partial charge on any atom is -0.351 e. The molecule has 0 bridgehead atoms. The second kappa shape index (κ2) is 5.97. The molecule has 2 aromatic rings. The summed E-state index contributed by atoms with van der Waals surface area (Å²) in [6.45, 7) is 1.75. The van der Waals surface area contributed by atoms with Gasteiger partial charge in [-0.3, -0.25) is 9.59 Å². The molecule has 7 heteroatoms. The van der Waals surface area contributed by atoms with Crippen molar-refractivity contribution in [1.29, 1.82) is 0 Å². The first kappa shape index (κ1) is 14.2. The Morgan fingerprint density at radius 1 is 1.45 bits per heavy atom. The van der Waals surface area contributed by atoms with Crippen LogP contribution in [0.3, 0.4) is 0 Å². The topological polar surface area (TPSA) is 88.9 Å². The van der Waals surface area contributed by atoms with Crippen LogP contribution >= 0.6 is 0 Å². The zero-order valence-corrected chi connectivity index (χ0v) is 12.2. The zero-order valence-electron chi connectivity index (χ0n) is 12.2. The predicted octanol–water partition coefficient (Wildman–Crippen LogP) is 1.04. The monoisotopic (exact) mass is 299 g/mol. The maximum atomic E-state index is 12.4. The molecule has 22 heavy (non-hydrogen) atoms. The van der Waals surface area contributed by atoms with Crippen molar-refractivity contribution in [3.63, 3.8) is 0 Å². The highest BCUT2D eigenvalue weighted by atomic mass is 16.2. The van der Waals surface area contributed by atoms with Crippen molar-refractivity contribution >= 4 is 17.5 Å². The molecule has 2 heterocycles. The Morgan fingerprint density at radius 3 is 3.09 bits per heavy atom. The van der Waals surface area contributed by atoms with Crippen molar-refractivity contribution in [3.05, 3.63) is 41.7 Å². The number of amides is 2. The quantitative estimate of drug-likeness (QED) is 0.886. The number of carbonyl (C=O) groups excluding carboxylic acids is 2. The number of nitrogens with one attached hydrogen (secondary N) is 2. The SMILES string of the molecule is CC(=O)NCc1cn(C2CCc3ccccc3NC2=O)nn1. The molecule has 0 saturated carbocycles. The van der Waals surface area contributed by atoms with Gasteiger partial charge in [0.05, 0.1) is 12.7 Å². The van der Waals surface area contributed by atoms with Crippen molar-refractivity contribution in [2.75, 3.05) is 5.32 Å². The van der Waals surface area contributed by atoms with E-state index >= 15 is 0 Å². The largest absolute Gasteiger partial charge is 0.351 e. The van der Waals surface area contributed by atoms with Crippen LogP contribution in [-0.2, 0) is 22.6 Å². The molecule has 1 aliphatic heterocycles. The maximum Gasteiger partial charge on any atom is 0.249 e. The number of hydrogen-bond donors (Lipinski definition) is 2. The normalized spacial score (nSPS) is 17.3. The van der Waals surface area contributed by atoms with E-state index in [4.69, 9.17) is 0 Å². The van der Waals surface area contributed by atoms with E-state index in [0.717, 1.165) is 17.7 Å². The lowest BCUT2D eigenvalue weighted by Gasteiger charge is -2.12. The first-order chi connectivity index (χ1) is 10.6. The standard InChI is InChI=1S/C15H17N5O2/c1-10(21)16-8-12-9-20(19-18-12)14-7-6-11-4-2-3-5-13(11)17-15(14)22/h2-5,9,14H,6-8H2,1H3,(H,16,21)(H,17,22). The molecule has 0 spiro atoms. The van der Waals surface area contributed by atoms with E-state index in [1.165, 1.54) is 6.92 Å². The van der Waals surface area contributed by atoms with Crippen LogP contribution in [0.4, 0.5) is 5.69 Å². The second-order valence-electron chi connectivity index (χ2n) is 5.30. The lowest BCUT2D eigenvalue weighted by molar-refractivity contribution is -0.120. The number of rotatable bonds is 3. The van der Waals surface area contributed by atoms with Crippen LogP contribution in [0.2, 0.25) is 0 Å². The molecule has 0 radical (unpaired) electrons. The number of fused-ring (bicyclic) bond motifs is 1. The van der Waals surface area contributed by atoms with Crippen LogP contribution < -0.4 is 10.6 Å². The number of hydrogen-bond acceptors (Lipinski definition) is 4. The minimum atomic E-state index is -0.397. The molecule has 1 aliphatic rings. The summed E-state index contributed by atoms with van der Waals surface area (Å²) in [5, 5.41) is 13.6. The summed E-state index contributed by atoms with van der Waals surface area (Å²) in [6, 6.07) is 7.39. The Labute approximate surface area is 127 Å². The summed E-state index contributed by atoms with van der Waals surface area (Å²) >= 11 is 0. The third kappa shape index (κ3) is 2.98. The van der Waals surface area contributed by atoms with Crippen molar-refractivity contribution in [2.45, 2.75) is 32.4 Å². The molecule has 7 nitrogen and oxygen atoms in total. The fourth-order valence-electron chi connectivity index (χ4n) is 2.51. The Morgan fingerprint density at radius 2 is 2.27 bits per heavy atom. The van der Waals surface area contributed by atoms with Crippen molar-refractivity contribution in [3.8, 4) is 0 Å². The maximum absolute atomic E-state index is 12.4. The zero-order chi connectivity index (χ0) is 15.5. The van der Waals surface area contributed by atoms with Gasteiger partial charge in [0.2, 0.25) is 11.8 Å². The van der Waals surface area contributed by atoms with E-state index in [9.17, 15) is 9.59 Å². The molecular formula is C15H17N5O2. The van der Waals surface area contributed by atoms with Gasteiger partial charge >= 0.3 is 0 Å². The van der Waals surface area contributed by atoms with Gasteiger partial charge in [-0.1, -0.05) is 23.4 Å². The van der Waals surface area contributed by atoms with Gasteiger partial charge < -0.3 is 10.6 Å². The number of carbonyl (C=O) groups is 2. The average molecular weight is 299 g/mol. The van der Waals surface area contributed by atoms with Gasteiger partial charge in [0, 0.05) is 12.6 Å². The number of para-hydroxylation sites is 1. The minimum absolute atomic E-state index is 0.0964. The van der Waals surface area contributed by atoms with Crippen molar-refractivity contribution in [2.24, 2.45) is 0 Å². The van der Waals surface area contributed by atoms with Gasteiger partial charge in [0.1, 0.15) is 11.7 Å². The van der Waals surface area contributed by atoms with Crippen LogP contribution in [0.5, 0.6) is 0 Å². The smallest absolute Gasteiger partial charge is 0.249 e. The second-order valence-corrected chi connectivity index (χ2v) is 5.30. The van der Waals surface area contributed by atoms with E-state index in [2.05, 4.69) is 20.9 Å². The van der Waals surface area contributed by atoms with E-state index < -0.39 is 6.04 Å². The number of nitrogens with zero attached hydrogens (tertiary/aromatic N) is 3. The fourth-order valence-corrected chi connectivity index (χ4v) is 2.51. The lowest BCUT2D eigenvalue weighted by atomic mass is 10.1. The number of anilines is 1. The van der Waals surface area contributed by atoms with Crippen LogP contribution in [0, 0.1) is 0 Å². The molecule has 114 valence electrons. The molecule has 0 saturated heterocycles. The highest BCUT2D eigenvalue weighted by Gasteiger charge is 2.26. The molecule has 1 aromatic heterocycles. The lowest BCUT2D eigenvalue weighted by Crippen LogP contribution is -2.25. The van der Waals surface area contributed by atoms with E-state index in [-0.39, 0.29) is 11.8 Å². The van der Waals surface area contributed by atoms with Crippen molar-refractivity contribution < 1.29 is 9.59 Å². The van der Waals surface area contributed by atoms with E-state index in [1.54, 1.807) is 10.9 Å². The van der Waals surface area contributed by atoms with Crippen LogP contribution in [-0.4, -0.2) is 26.8 Å². The van der Waals surface area contributed by atoms with Gasteiger partial charge in [0.25, 0.3) is 0 Å². The van der Waals surface area contributed by atoms with Crippen molar-refractivity contribution in [1.82, 2.24) is 20.3 Å². The first-order valence-corrected chi connectivity index (χ1v) is 7.17. The van der Waals surface area contributed by atoms with E-state index in [1.807, 2.05) is 24.3 Å². The summed E-state index contributed by atoms with van der Waals surface area (Å²) in [7, 11) is 0. The summed E-state index contributed by atoms with van der Waals surface area (Å²) in [5.41, 5.74) is 2.61. The summed E-state index contributed by atoms with van der Waals surface area (Å²) in [4.78, 5) is 23.3. The molecule has 0 fully saturated rings. The predicted molar refractivity (Wildman–Crippen MR) is 80.0 cm³/mol. The third-order valence-electron chi connectivity index (χ3n) is 3.66. The van der Waals surface area contributed by atoms with Crippen LogP contribution in [0.15, 0.2) is 30.5 Å². The summed E-state index contributed by atoms with van der Waals surface area (Å²) < 4.78 is 1.57. The van der Waals surface area contributed by atoms with Gasteiger partial charge in [-0.2, -0.15) is 0 Å². The van der Waals surface area contributed by atoms with Gasteiger partial charge in [-0.25, -0.2) is 4.68 Å². The molecule has 2 amide bonds. The van der Waals surface area contributed by atoms with E-state index in [0.29, 0.717) is 18.7 Å². The summed E-state index contributed by atoms with van der Waals surface area (Å²) in [5.74, 6) is -0.224. The van der Waals surface area contributed by atoms with Gasteiger partial charge in [-0.15, -0.1) is 5.10 Å². The number of benzene rings is 1. The molecule has 2 N–H and O–H groups in total.